The number of amides is 1. The van der Waals surface area contributed by atoms with Gasteiger partial charge in [0.1, 0.15) is 5.69 Å². The number of rotatable bonds is 3. The van der Waals surface area contributed by atoms with Crippen LogP contribution in [0.2, 0.25) is 0 Å². The van der Waals surface area contributed by atoms with Crippen molar-refractivity contribution >= 4 is 22.4 Å². The molecule has 0 aliphatic carbocycles. The number of likely N-dealkylation sites (tertiary alicyclic amines) is 1. The average molecular weight is 442 g/mol. The van der Waals surface area contributed by atoms with E-state index in [1.54, 1.807) is 58.0 Å². The fraction of sp³-hybridized carbons (Fsp3) is 0.167. The van der Waals surface area contributed by atoms with Crippen LogP contribution < -0.4 is 5.69 Å². The van der Waals surface area contributed by atoms with E-state index in [0.717, 1.165) is 0 Å². The van der Waals surface area contributed by atoms with Crippen LogP contribution in [0.4, 0.5) is 5.69 Å². The van der Waals surface area contributed by atoms with Crippen LogP contribution in [0.25, 0.3) is 16.5 Å². The Bertz CT molecular complexity index is 1520. The summed E-state index contributed by atoms with van der Waals surface area (Å²) in [6, 6.07) is 17.8. The molecule has 0 unspecified atom stereocenters. The summed E-state index contributed by atoms with van der Waals surface area (Å²) in [6.07, 6.45) is 0.568. The molecule has 4 aromatic rings. The molecule has 1 saturated heterocycles. The normalized spacial score (nSPS) is 18.6. The molecule has 0 radical (unpaired) electrons. The molecule has 164 valence electrons. The molecule has 6 rings (SSSR count). The summed E-state index contributed by atoms with van der Waals surface area (Å²) in [5.41, 5.74) is 0.831. The maximum absolute atomic E-state index is 13.4. The molecule has 0 saturated carbocycles. The second-order valence-electron chi connectivity index (χ2n) is 8.33. The van der Waals surface area contributed by atoms with Gasteiger partial charge in [0.25, 0.3) is 11.6 Å². The molecule has 2 aliphatic heterocycles. The van der Waals surface area contributed by atoms with Gasteiger partial charge in [-0.25, -0.2) is 9.36 Å². The summed E-state index contributed by atoms with van der Waals surface area (Å²) in [7, 11) is 0. The van der Waals surface area contributed by atoms with Gasteiger partial charge in [-0.05, 0) is 30.7 Å². The van der Waals surface area contributed by atoms with Gasteiger partial charge in [0.2, 0.25) is 5.88 Å². The van der Waals surface area contributed by atoms with E-state index in [0.29, 0.717) is 40.7 Å². The van der Waals surface area contributed by atoms with Gasteiger partial charge >= 0.3 is 5.69 Å². The third-order valence-corrected chi connectivity index (χ3v) is 6.65. The number of benzene rings is 3. The molecule has 2 bridgehead atoms. The van der Waals surface area contributed by atoms with Crippen LogP contribution >= 0.6 is 0 Å². The Morgan fingerprint density at radius 3 is 2.42 bits per heavy atom. The zero-order valence-corrected chi connectivity index (χ0v) is 17.3. The Morgan fingerprint density at radius 2 is 1.70 bits per heavy atom. The topological polar surface area (TPSA) is 111 Å². The molecule has 3 aromatic carbocycles. The number of non-ortho nitro benzene ring substituents is 1. The molecule has 1 aromatic heterocycles. The number of nitro groups is 1. The smallest absolute Gasteiger partial charge is 0.336 e. The van der Waals surface area contributed by atoms with Gasteiger partial charge in [0.15, 0.2) is 0 Å². The molecule has 9 nitrogen and oxygen atoms in total. The molecule has 33 heavy (non-hydrogen) atoms. The number of hydrogen-bond acceptors (Lipinski definition) is 5. The van der Waals surface area contributed by atoms with E-state index in [2.05, 4.69) is 0 Å². The zero-order chi connectivity index (χ0) is 22.9. The van der Waals surface area contributed by atoms with E-state index in [1.165, 1.54) is 16.7 Å². The lowest BCUT2D eigenvalue weighted by Gasteiger charge is -2.27. The van der Waals surface area contributed by atoms with Crippen molar-refractivity contribution in [2.45, 2.75) is 18.5 Å². The Morgan fingerprint density at radius 1 is 1.00 bits per heavy atom. The number of imidazole rings is 1. The van der Waals surface area contributed by atoms with E-state index in [1.807, 2.05) is 6.07 Å². The summed E-state index contributed by atoms with van der Waals surface area (Å²) in [6.45, 7) is 0.385. The number of aromatic nitrogens is 2. The highest BCUT2D eigenvalue weighted by Gasteiger charge is 2.49. The first-order chi connectivity index (χ1) is 16.0. The van der Waals surface area contributed by atoms with E-state index < -0.39 is 16.7 Å². The Balaban J connectivity index is 1.50. The molecule has 2 atom stereocenters. The summed E-state index contributed by atoms with van der Waals surface area (Å²) in [4.78, 5) is 39.2. The third kappa shape index (κ3) is 2.59. The quantitative estimate of drug-likeness (QED) is 0.385. The van der Waals surface area contributed by atoms with Crippen LogP contribution in [0.1, 0.15) is 34.6 Å². The van der Waals surface area contributed by atoms with Gasteiger partial charge in [-0.3, -0.25) is 19.5 Å². The van der Waals surface area contributed by atoms with Crippen molar-refractivity contribution in [3.05, 3.63) is 98.6 Å². The van der Waals surface area contributed by atoms with Crippen LogP contribution in [0, 0.1) is 10.1 Å². The van der Waals surface area contributed by atoms with Gasteiger partial charge in [-0.2, -0.15) is 0 Å². The first-order valence-electron chi connectivity index (χ1n) is 10.6. The Kier molecular flexibility index (Phi) is 3.97. The molecule has 9 heteroatoms. The minimum Gasteiger partial charge on any atom is -0.493 e. The molecule has 0 spiro atoms. The van der Waals surface area contributed by atoms with Crippen LogP contribution in [0.5, 0.6) is 5.88 Å². The van der Waals surface area contributed by atoms with Crippen LogP contribution in [0.15, 0.2) is 71.5 Å². The van der Waals surface area contributed by atoms with Crippen molar-refractivity contribution in [3.8, 4) is 11.6 Å². The number of hydrogen-bond donors (Lipinski definition) is 1. The van der Waals surface area contributed by atoms with Crippen molar-refractivity contribution in [3.63, 3.8) is 0 Å². The predicted octanol–water partition coefficient (Wildman–Crippen LogP) is 3.55. The highest BCUT2D eigenvalue weighted by atomic mass is 16.6. The van der Waals surface area contributed by atoms with E-state index in [9.17, 15) is 24.8 Å². The number of nitro benzene ring substituents is 1. The van der Waals surface area contributed by atoms with Crippen LogP contribution in [-0.4, -0.2) is 36.5 Å². The fourth-order valence-electron chi connectivity index (χ4n) is 5.26. The standard InChI is InChI=1S/C24H18N4O5/c29-22(14-6-2-1-3-7-14)25-13-15-12-20(25)21-23(30)27(24(31)26(15)21)18-10-11-19(28(32)33)17-9-5-4-8-16(17)18/h1-11,15,20,30H,12-13H2/t15-,20-/m1/s1. The monoisotopic (exact) mass is 442 g/mol. The fourth-order valence-corrected chi connectivity index (χ4v) is 5.26. The molecular weight excluding hydrogens is 424 g/mol. The highest BCUT2D eigenvalue weighted by Crippen LogP contribution is 2.49. The highest BCUT2D eigenvalue weighted by molar-refractivity contribution is 5.97. The molecule has 1 N–H and O–H groups in total. The average Bonchev–Trinajstić information content (AvgIpc) is 3.50. The number of aromatic hydroxyl groups is 1. The summed E-state index contributed by atoms with van der Waals surface area (Å²) in [5, 5.41) is 23.5. The molecule has 1 amide bonds. The zero-order valence-electron chi connectivity index (χ0n) is 17.3. The van der Waals surface area contributed by atoms with Crippen molar-refractivity contribution < 1.29 is 14.8 Å². The number of fused-ring (bicyclic) bond motifs is 6. The van der Waals surface area contributed by atoms with Crippen LogP contribution in [-0.2, 0) is 0 Å². The summed E-state index contributed by atoms with van der Waals surface area (Å²) < 4.78 is 2.75. The van der Waals surface area contributed by atoms with E-state index in [4.69, 9.17) is 0 Å². The maximum atomic E-state index is 13.4. The Hall–Kier alpha value is -4.40. The number of carbonyl (C=O) groups excluding carboxylic acids is 1. The second kappa shape index (κ2) is 6.80. The predicted molar refractivity (Wildman–Crippen MR) is 120 cm³/mol. The summed E-state index contributed by atoms with van der Waals surface area (Å²) >= 11 is 0. The lowest BCUT2D eigenvalue weighted by Crippen LogP contribution is -2.37. The van der Waals surface area contributed by atoms with Gasteiger partial charge in [0, 0.05) is 23.6 Å². The van der Waals surface area contributed by atoms with Crippen molar-refractivity contribution in [2.75, 3.05) is 6.54 Å². The third-order valence-electron chi connectivity index (χ3n) is 6.65. The molecule has 3 heterocycles. The SMILES string of the molecule is O=C(c1ccccc1)N1C[C@H]2C[C@@H]1c1c(O)n(-c3ccc([N+](=O)[O-])c4ccccc34)c(=O)n12. The van der Waals surface area contributed by atoms with Gasteiger partial charge in [0.05, 0.1) is 28.1 Å². The van der Waals surface area contributed by atoms with Gasteiger partial charge < -0.3 is 10.0 Å². The largest absolute Gasteiger partial charge is 0.493 e. The number of nitrogens with zero attached hydrogens (tertiary/aromatic N) is 4. The first-order valence-corrected chi connectivity index (χ1v) is 10.6. The number of carbonyl (C=O) groups is 1. The summed E-state index contributed by atoms with van der Waals surface area (Å²) in [5.74, 6) is -0.383. The van der Waals surface area contributed by atoms with E-state index in [-0.39, 0.29) is 23.5 Å². The van der Waals surface area contributed by atoms with Gasteiger partial charge in [-0.1, -0.05) is 36.4 Å². The maximum Gasteiger partial charge on any atom is 0.336 e. The minimum atomic E-state index is -0.470. The lowest BCUT2D eigenvalue weighted by atomic mass is 10.1. The molecular formula is C24H18N4O5. The molecule has 2 aliphatic rings. The van der Waals surface area contributed by atoms with Crippen molar-refractivity contribution in [1.29, 1.82) is 0 Å². The lowest BCUT2D eigenvalue weighted by molar-refractivity contribution is -0.383. The van der Waals surface area contributed by atoms with Crippen molar-refractivity contribution in [2.24, 2.45) is 0 Å². The molecule has 1 fully saturated rings. The second-order valence-corrected chi connectivity index (χ2v) is 8.33. The minimum absolute atomic E-state index is 0.0756. The van der Waals surface area contributed by atoms with Crippen molar-refractivity contribution in [1.82, 2.24) is 14.0 Å². The van der Waals surface area contributed by atoms with Crippen LogP contribution in [0.3, 0.4) is 0 Å². The van der Waals surface area contributed by atoms with Gasteiger partial charge in [-0.15, -0.1) is 0 Å². The Labute approximate surface area is 186 Å². The first kappa shape index (κ1) is 19.3. The van der Waals surface area contributed by atoms with E-state index >= 15 is 0 Å².